The van der Waals surface area contributed by atoms with Gasteiger partial charge in [0.15, 0.2) is 0 Å². The summed E-state index contributed by atoms with van der Waals surface area (Å²) >= 11 is 0. The predicted octanol–water partition coefficient (Wildman–Crippen LogP) is 3.97. The van der Waals surface area contributed by atoms with E-state index in [-0.39, 0.29) is 0 Å². The molecule has 0 amide bonds. The van der Waals surface area contributed by atoms with Gasteiger partial charge in [0.25, 0.3) is 0 Å². The molecule has 3 heteroatoms. The Labute approximate surface area is 122 Å². The summed E-state index contributed by atoms with van der Waals surface area (Å²) in [4.78, 5) is 0. The molecule has 1 fully saturated rings. The molecule has 0 radical (unpaired) electrons. The van der Waals surface area contributed by atoms with E-state index in [1.54, 1.807) is 0 Å². The second-order valence-corrected chi connectivity index (χ2v) is 5.86. The van der Waals surface area contributed by atoms with Crippen LogP contribution in [-0.2, 0) is 0 Å². The van der Waals surface area contributed by atoms with Crippen molar-refractivity contribution >= 4 is 5.69 Å². The molecule has 0 heterocycles. The summed E-state index contributed by atoms with van der Waals surface area (Å²) in [7, 11) is 0. The van der Waals surface area contributed by atoms with Crippen LogP contribution < -0.4 is 10.1 Å². The highest BCUT2D eigenvalue weighted by Crippen LogP contribution is 2.27. The van der Waals surface area contributed by atoms with Gasteiger partial charge in [-0.2, -0.15) is 0 Å². The Morgan fingerprint density at radius 3 is 2.35 bits per heavy atom. The van der Waals surface area contributed by atoms with Gasteiger partial charge in [-0.3, -0.25) is 0 Å². The summed E-state index contributed by atoms with van der Waals surface area (Å²) < 4.78 is 5.56. The molecule has 20 heavy (non-hydrogen) atoms. The molecular formula is C17H27NO2. The molecule has 112 valence electrons. The van der Waals surface area contributed by atoms with Crippen molar-refractivity contribution in [1.82, 2.24) is 0 Å². The van der Waals surface area contributed by atoms with E-state index in [0.717, 1.165) is 50.1 Å². The van der Waals surface area contributed by atoms with Gasteiger partial charge in [0, 0.05) is 12.2 Å². The first-order valence-corrected chi connectivity index (χ1v) is 7.91. The van der Waals surface area contributed by atoms with Gasteiger partial charge >= 0.3 is 0 Å². The fourth-order valence-corrected chi connectivity index (χ4v) is 2.72. The van der Waals surface area contributed by atoms with Crippen molar-refractivity contribution in [2.45, 2.75) is 57.5 Å². The van der Waals surface area contributed by atoms with Gasteiger partial charge in [-0.1, -0.05) is 32.6 Å². The highest BCUT2D eigenvalue weighted by Gasteiger charge is 2.27. The van der Waals surface area contributed by atoms with E-state index in [0.29, 0.717) is 6.54 Å². The van der Waals surface area contributed by atoms with Gasteiger partial charge in [0.05, 0.1) is 12.2 Å². The van der Waals surface area contributed by atoms with E-state index in [9.17, 15) is 5.11 Å². The molecule has 0 atom stereocenters. The second kappa shape index (κ2) is 7.53. The van der Waals surface area contributed by atoms with Crippen LogP contribution in [-0.4, -0.2) is 23.9 Å². The van der Waals surface area contributed by atoms with Crippen LogP contribution in [0.1, 0.15) is 51.9 Å². The standard InChI is InChI=1S/C17H27NO2/c1-2-13-20-16-9-7-15(8-10-16)18-14-17(19)11-5-3-4-6-12-17/h7-10,18-19H,2-6,11-14H2,1H3. The molecule has 0 aliphatic heterocycles. The zero-order chi connectivity index (χ0) is 14.3. The first-order chi connectivity index (χ1) is 9.72. The van der Waals surface area contributed by atoms with E-state index >= 15 is 0 Å². The quantitative estimate of drug-likeness (QED) is 0.773. The van der Waals surface area contributed by atoms with Crippen LogP contribution in [0.15, 0.2) is 24.3 Å². The molecule has 2 N–H and O–H groups in total. The maximum Gasteiger partial charge on any atom is 0.119 e. The van der Waals surface area contributed by atoms with Crippen molar-refractivity contribution in [3.05, 3.63) is 24.3 Å². The summed E-state index contributed by atoms with van der Waals surface area (Å²) in [6, 6.07) is 8.00. The Balaban J connectivity index is 1.83. The van der Waals surface area contributed by atoms with Gasteiger partial charge < -0.3 is 15.2 Å². The molecule has 0 bridgehead atoms. The second-order valence-electron chi connectivity index (χ2n) is 5.86. The monoisotopic (exact) mass is 277 g/mol. The van der Waals surface area contributed by atoms with Gasteiger partial charge in [-0.25, -0.2) is 0 Å². The third-order valence-corrected chi connectivity index (χ3v) is 3.98. The molecule has 2 rings (SSSR count). The van der Waals surface area contributed by atoms with Crippen LogP contribution in [0, 0.1) is 0 Å². The van der Waals surface area contributed by atoms with Crippen molar-refractivity contribution in [2.24, 2.45) is 0 Å². The molecule has 0 spiro atoms. The molecule has 1 aliphatic rings. The minimum Gasteiger partial charge on any atom is -0.494 e. The predicted molar refractivity (Wildman–Crippen MR) is 83.4 cm³/mol. The number of anilines is 1. The SMILES string of the molecule is CCCOc1ccc(NCC2(O)CCCCCC2)cc1. The van der Waals surface area contributed by atoms with E-state index in [2.05, 4.69) is 12.2 Å². The number of hydrogen-bond donors (Lipinski definition) is 2. The average molecular weight is 277 g/mol. The lowest BCUT2D eigenvalue weighted by Crippen LogP contribution is -2.36. The number of nitrogens with one attached hydrogen (secondary N) is 1. The Morgan fingerprint density at radius 2 is 1.75 bits per heavy atom. The van der Waals surface area contributed by atoms with E-state index < -0.39 is 5.60 Å². The van der Waals surface area contributed by atoms with Gasteiger partial charge in [-0.05, 0) is 43.5 Å². The molecule has 1 aromatic rings. The highest BCUT2D eigenvalue weighted by molar-refractivity contribution is 5.46. The molecule has 3 nitrogen and oxygen atoms in total. The number of ether oxygens (including phenoxy) is 1. The topological polar surface area (TPSA) is 41.5 Å². The molecule has 0 unspecified atom stereocenters. The van der Waals surface area contributed by atoms with Gasteiger partial charge in [0.1, 0.15) is 5.75 Å². The fraction of sp³-hybridized carbons (Fsp3) is 0.647. The van der Waals surface area contributed by atoms with Gasteiger partial charge in [-0.15, -0.1) is 0 Å². The minimum atomic E-state index is -0.534. The summed E-state index contributed by atoms with van der Waals surface area (Å²) in [5.74, 6) is 0.908. The van der Waals surface area contributed by atoms with Crippen LogP contribution in [0.3, 0.4) is 0 Å². The lowest BCUT2D eigenvalue weighted by Gasteiger charge is -2.27. The Morgan fingerprint density at radius 1 is 1.10 bits per heavy atom. The number of hydrogen-bond acceptors (Lipinski definition) is 3. The maximum absolute atomic E-state index is 10.6. The number of benzene rings is 1. The van der Waals surface area contributed by atoms with E-state index in [4.69, 9.17) is 4.74 Å². The summed E-state index contributed by atoms with van der Waals surface area (Å²) in [6.45, 7) is 3.50. The Bertz CT molecular complexity index is 380. The first-order valence-electron chi connectivity index (χ1n) is 7.91. The summed E-state index contributed by atoms with van der Waals surface area (Å²) in [5.41, 5.74) is 0.514. The van der Waals surface area contributed by atoms with Crippen molar-refractivity contribution in [2.75, 3.05) is 18.5 Å². The van der Waals surface area contributed by atoms with E-state index in [1.165, 1.54) is 12.8 Å². The molecule has 1 aliphatic carbocycles. The van der Waals surface area contributed by atoms with Crippen LogP contribution in [0.4, 0.5) is 5.69 Å². The maximum atomic E-state index is 10.6. The molecular weight excluding hydrogens is 250 g/mol. The molecule has 0 saturated heterocycles. The molecule has 0 aromatic heterocycles. The third kappa shape index (κ3) is 4.71. The highest BCUT2D eigenvalue weighted by atomic mass is 16.5. The molecule has 1 aromatic carbocycles. The Kier molecular flexibility index (Phi) is 5.72. The van der Waals surface area contributed by atoms with Crippen molar-refractivity contribution < 1.29 is 9.84 Å². The zero-order valence-electron chi connectivity index (χ0n) is 12.5. The van der Waals surface area contributed by atoms with Crippen LogP contribution in [0.25, 0.3) is 0 Å². The van der Waals surface area contributed by atoms with Crippen LogP contribution in [0.5, 0.6) is 5.75 Å². The zero-order valence-corrected chi connectivity index (χ0v) is 12.5. The summed E-state index contributed by atoms with van der Waals surface area (Å²) in [6.07, 6.45) is 7.64. The lowest BCUT2D eigenvalue weighted by molar-refractivity contribution is 0.0381. The third-order valence-electron chi connectivity index (χ3n) is 3.98. The van der Waals surface area contributed by atoms with Gasteiger partial charge in [0.2, 0.25) is 0 Å². The van der Waals surface area contributed by atoms with Crippen molar-refractivity contribution in [3.63, 3.8) is 0 Å². The van der Waals surface area contributed by atoms with Crippen molar-refractivity contribution in [3.8, 4) is 5.75 Å². The van der Waals surface area contributed by atoms with E-state index in [1.807, 2.05) is 24.3 Å². The fourth-order valence-electron chi connectivity index (χ4n) is 2.72. The Hall–Kier alpha value is -1.22. The minimum absolute atomic E-state index is 0.534. The number of aliphatic hydroxyl groups is 1. The smallest absolute Gasteiger partial charge is 0.119 e. The largest absolute Gasteiger partial charge is 0.494 e. The average Bonchev–Trinajstić information content (AvgIpc) is 2.69. The van der Waals surface area contributed by atoms with Crippen LogP contribution in [0.2, 0.25) is 0 Å². The number of rotatable bonds is 6. The normalized spacial score (nSPS) is 18.3. The summed E-state index contributed by atoms with van der Waals surface area (Å²) in [5, 5.41) is 14.0. The van der Waals surface area contributed by atoms with Crippen LogP contribution >= 0.6 is 0 Å². The lowest BCUT2D eigenvalue weighted by atomic mass is 9.94. The molecule has 1 saturated carbocycles. The first kappa shape index (κ1) is 15.2. The van der Waals surface area contributed by atoms with Crippen molar-refractivity contribution in [1.29, 1.82) is 0 Å².